The zero-order valence-electron chi connectivity index (χ0n) is 12.2. The molecule has 0 amide bonds. The van der Waals surface area contributed by atoms with Crippen LogP contribution in [0.25, 0.3) is 0 Å². The third-order valence-electron chi connectivity index (χ3n) is 3.24. The highest BCUT2D eigenvalue weighted by molar-refractivity contribution is 9.10. The van der Waals surface area contributed by atoms with E-state index in [1.807, 2.05) is 36.7 Å². The van der Waals surface area contributed by atoms with Crippen LogP contribution in [0.3, 0.4) is 0 Å². The summed E-state index contributed by atoms with van der Waals surface area (Å²) in [6.07, 6.45) is -0.606. The second-order valence-corrected chi connectivity index (χ2v) is 6.10. The van der Waals surface area contributed by atoms with Crippen LogP contribution in [0.15, 0.2) is 22.7 Å². The summed E-state index contributed by atoms with van der Waals surface area (Å²) in [7, 11) is 0. The van der Waals surface area contributed by atoms with E-state index in [9.17, 15) is 5.11 Å². The van der Waals surface area contributed by atoms with Gasteiger partial charge in [0.2, 0.25) is 0 Å². The van der Waals surface area contributed by atoms with Crippen molar-refractivity contribution in [1.82, 2.24) is 9.78 Å². The number of aliphatic hydroxyl groups is 1. The molecule has 0 fully saturated rings. The molecule has 0 unspecified atom stereocenters. The molecule has 0 saturated carbocycles. The molecule has 0 aliphatic rings. The highest BCUT2D eigenvalue weighted by atomic mass is 79.9. The van der Waals surface area contributed by atoms with Crippen LogP contribution in [0, 0.1) is 6.92 Å². The van der Waals surface area contributed by atoms with Crippen LogP contribution in [0.5, 0.6) is 5.75 Å². The number of hydrogen-bond acceptors (Lipinski definition) is 3. The lowest BCUT2D eigenvalue weighted by molar-refractivity contribution is 0.189. The van der Waals surface area contributed by atoms with E-state index >= 15 is 0 Å². The first-order chi connectivity index (χ1) is 9.93. The van der Waals surface area contributed by atoms with Gasteiger partial charge in [0.15, 0.2) is 0 Å². The Morgan fingerprint density at radius 3 is 2.81 bits per heavy atom. The van der Waals surface area contributed by atoms with Gasteiger partial charge in [0, 0.05) is 16.6 Å². The van der Waals surface area contributed by atoms with Crippen LogP contribution in [0.4, 0.5) is 0 Å². The lowest BCUT2D eigenvalue weighted by Gasteiger charge is -2.14. The van der Waals surface area contributed by atoms with Gasteiger partial charge in [-0.25, -0.2) is 0 Å². The van der Waals surface area contributed by atoms with Gasteiger partial charge in [0.05, 0.1) is 22.5 Å². The van der Waals surface area contributed by atoms with Gasteiger partial charge >= 0.3 is 0 Å². The topological polar surface area (TPSA) is 47.3 Å². The van der Waals surface area contributed by atoms with Gasteiger partial charge in [-0.1, -0.05) is 27.5 Å². The lowest BCUT2D eigenvalue weighted by Crippen LogP contribution is -2.08. The van der Waals surface area contributed by atoms with Gasteiger partial charge in [-0.2, -0.15) is 5.10 Å². The Kier molecular flexibility index (Phi) is 5.30. The van der Waals surface area contributed by atoms with Crippen molar-refractivity contribution >= 4 is 27.5 Å². The van der Waals surface area contributed by atoms with Gasteiger partial charge in [0.25, 0.3) is 0 Å². The monoisotopic (exact) mass is 372 g/mol. The number of halogens is 2. The molecular formula is C15H18BrClN2O2. The Morgan fingerprint density at radius 1 is 1.48 bits per heavy atom. The second-order valence-electron chi connectivity index (χ2n) is 4.81. The fraction of sp³-hybridized carbons (Fsp3) is 0.400. The first-order valence-corrected chi connectivity index (χ1v) is 7.93. The maximum atomic E-state index is 9.84. The summed E-state index contributed by atoms with van der Waals surface area (Å²) in [6.45, 7) is 6.64. The summed E-state index contributed by atoms with van der Waals surface area (Å²) in [5.74, 6) is 0.644. The Hall–Kier alpha value is -1.04. The van der Waals surface area contributed by atoms with E-state index in [-0.39, 0.29) is 0 Å². The average molecular weight is 374 g/mol. The molecule has 0 radical (unpaired) electrons. The number of aliphatic hydroxyl groups excluding tert-OH is 1. The molecule has 0 spiro atoms. The minimum Gasteiger partial charge on any atom is -0.487 e. The van der Waals surface area contributed by atoms with Gasteiger partial charge < -0.3 is 9.84 Å². The summed E-state index contributed by atoms with van der Waals surface area (Å²) < 4.78 is 8.58. The van der Waals surface area contributed by atoms with Crippen molar-refractivity contribution in [3.63, 3.8) is 0 Å². The first kappa shape index (κ1) is 16.3. The van der Waals surface area contributed by atoms with E-state index in [0.29, 0.717) is 17.4 Å². The number of aryl methyl sites for hydroxylation is 2. The number of aromatic nitrogens is 2. The molecule has 1 aromatic heterocycles. The third-order valence-corrected chi connectivity index (χ3v) is 4.22. The zero-order chi connectivity index (χ0) is 15.6. The molecular weight excluding hydrogens is 356 g/mol. The minimum absolute atomic E-state index is 0.314. The van der Waals surface area contributed by atoms with E-state index in [4.69, 9.17) is 16.3 Å². The van der Waals surface area contributed by atoms with E-state index in [1.165, 1.54) is 0 Å². The van der Waals surface area contributed by atoms with Crippen LogP contribution < -0.4 is 4.74 Å². The van der Waals surface area contributed by atoms with Gasteiger partial charge in [-0.3, -0.25) is 4.68 Å². The summed E-state index contributed by atoms with van der Waals surface area (Å²) in [5.41, 5.74) is 2.37. The quantitative estimate of drug-likeness (QED) is 0.852. The normalized spacial score (nSPS) is 12.5. The lowest BCUT2D eigenvalue weighted by atomic mass is 10.1. The Bertz CT molecular complexity index is 641. The molecule has 1 aromatic carbocycles. The molecule has 0 saturated heterocycles. The Morgan fingerprint density at radius 2 is 2.19 bits per heavy atom. The summed E-state index contributed by atoms with van der Waals surface area (Å²) in [6, 6.07) is 5.56. The van der Waals surface area contributed by atoms with Crippen molar-refractivity contribution in [2.75, 3.05) is 0 Å². The molecule has 1 N–H and O–H groups in total. The van der Waals surface area contributed by atoms with E-state index in [2.05, 4.69) is 21.0 Å². The molecule has 0 bridgehead atoms. The van der Waals surface area contributed by atoms with Crippen molar-refractivity contribution < 1.29 is 9.84 Å². The minimum atomic E-state index is -0.606. The molecule has 6 heteroatoms. The zero-order valence-corrected chi connectivity index (χ0v) is 14.6. The second kappa shape index (κ2) is 6.81. The molecule has 1 heterocycles. The van der Waals surface area contributed by atoms with Crippen LogP contribution in [0.2, 0.25) is 5.02 Å². The Balaban J connectivity index is 2.25. The standard InChI is InChI=1S/C15H18BrClN2O2/c1-4-19-13(15(17)9(2)18-19)8-21-14-6-5-11(16)7-12(14)10(3)20/h5-7,10,20H,4,8H2,1-3H3/t10-/m1/s1. The average Bonchev–Trinajstić information content (AvgIpc) is 2.72. The molecule has 0 aliphatic carbocycles. The van der Waals surface area contributed by atoms with Gasteiger partial charge in [-0.15, -0.1) is 0 Å². The maximum absolute atomic E-state index is 9.84. The van der Waals surface area contributed by atoms with Crippen molar-refractivity contribution in [1.29, 1.82) is 0 Å². The fourth-order valence-electron chi connectivity index (χ4n) is 2.13. The molecule has 2 rings (SSSR count). The van der Waals surface area contributed by atoms with E-state index < -0.39 is 6.10 Å². The molecule has 114 valence electrons. The molecule has 0 aliphatic heterocycles. The largest absolute Gasteiger partial charge is 0.487 e. The number of benzene rings is 1. The van der Waals surface area contributed by atoms with Gasteiger partial charge in [-0.05, 0) is 39.0 Å². The number of nitrogens with zero attached hydrogens (tertiary/aromatic N) is 2. The van der Waals surface area contributed by atoms with Crippen LogP contribution >= 0.6 is 27.5 Å². The van der Waals surface area contributed by atoms with Crippen molar-refractivity contribution in [2.45, 2.75) is 40.0 Å². The van der Waals surface area contributed by atoms with E-state index in [0.717, 1.165) is 28.0 Å². The van der Waals surface area contributed by atoms with Gasteiger partial charge in [0.1, 0.15) is 12.4 Å². The van der Waals surface area contributed by atoms with Crippen molar-refractivity contribution in [3.8, 4) is 5.75 Å². The van der Waals surface area contributed by atoms with E-state index in [1.54, 1.807) is 6.92 Å². The SMILES string of the molecule is CCn1nc(C)c(Cl)c1COc1ccc(Br)cc1[C@@H](C)O. The maximum Gasteiger partial charge on any atom is 0.131 e. The summed E-state index contributed by atoms with van der Waals surface area (Å²) in [5, 5.41) is 14.8. The molecule has 21 heavy (non-hydrogen) atoms. The number of rotatable bonds is 5. The molecule has 4 nitrogen and oxygen atoms in total. The predicted molar refractivity (Wildman–Crippen MR) is 86.8 cm³/mol. The van der Waals surface area contributed by atoms with Crippen molar-refractivity contribution in [2.24, 2.45) is 0 Å². The van der Waals surface area contributed by atoms with Crippen LogP contribution in [-0.2, 0) is 13.2 Å². The Labute approximate surface area is 137 Å². The van der Waals surface area contributed by atoms with Crippen LogP contribution in [-0.4, -0.2) is 14.9 Å². The smallest absolute Gasteiger partial charge is 0.131 e. The number of ether oxygens (including phenoxy) is 1. The highest BCUT2D eigenvalue weighted by Crippen LogP contribution is 2.30. The predicted octanol–water partition coefficient (Wildman–Crippen LogP) is 4.26. The number of hydrogen-bond donors (Lipinski definition) is 1. The molecule has 1 atom stereocenters. The van der Waals surface area contributed by atoms with Crippen molar-refractivity contribution in [3.05, 3.63) is 44.6 Å². The summed E-state index contributed by atoms with van der Waals surface area (Å²) in [4.78, 5) is 0. The summed E-state index contributed by atoms with van der Waals surface area (Å²) >= 11 is 9.66. The first-order valence-electron chi connectivity index (χ1n) is 6.76. The van der Waals surface area contributed by atoms with Crippen LogP contribution in [0.1, 0.15) is 36.9 Å². The third kappa shape index (κ3) is 3.59. The molecule has 2 aromatic rings. The highest BCUT2D eigenvalue weighted by Gasteiger charge is 2.15. The fourth-order valence-corrected chi connectivity index (χ4v) is 2.70.